The van der Waals surface area contributed by atoms with Crippen LogP contribution in [0.3, 0.4) is 0 Å². The van der Waals surface area contributed by atoms with Gasteiger partial charge in [-0.3, -0.25) is 4.99 Å². The first-order chi connectivity index (χ1) is 11.3. The van der Waals surface area contributed by atoms with Gasteiger partial charge in [-0.1, -0.05) is 18.2 Å². The van der Waals surface area contributed by atoms with Crippen LogP contribution in [0.25, 0.3) is 0 Å². The fraction of sp³-hybridized carbons (Fsp3) is 0.611. The summed E-state index contributed by atoms with van der Waals surface area (Å²) in [5.41, 5.74) is 1.32. The summed E-state index contributed by atoms with van der Waals surface area (Å²) in [7, 11) is 0. The number of para-hydroxylation sites is 1. The molecule has 1 aliphatic heterocycles. The Hall–Kier alpha value is -1.02. The van der Waals surface area contributed by atoms with Crippen LogP contribution in [0.5, 0.6) is 0 Å². The van der Waals surface area contributed by atoms with Crippen molar-refractivity contribution in [1.29, 1.82) is 0 Å². The number of halogens is 1. The molecular weight excluding hydrogens is 415 g/mol. The van der Waals surface area contributed by atoms with E-state index in [0.29, 0.717) is 12.5 Å². The summed E-state index contributed by atoms with van der Waals surface area (Å²) in [6.07, 6.45) is 1.21. The molecule has 0 amide bonds. The van der Waals surface area contributed by atoms with E-state index in [1.54, 1.807) is 0 Å². The van der Waals surface area contributed by atoms with E-state index < -0.39 is 0 Å². The maximum Gasteiger partial charge on any atom is 0.191 e. The van der Waals surface area contributed by atoms with Crippen LogP contribution >= 0.6 is 24.0 Å². The normalized spacial score (nSPS) is 17.5. The lowest BCUT2D eigenvalue weighted by Crippen LogP contribution is -2.39. The lowest BCUT2D eigenvalue weighted by Gasteiger charge is -2.18. The topological polar surface area (TPSA) is 48.9 Å². The Labute approximate surface area is 163 Å². The molecule has 0 aliphatic carbocycles. The van der Waals surface area contributed by atoms with Crippen molar-refractivity contribution < 1.29 is 4.74 Å². The third kappa shape index (κ3) is 7.25. The zero-order valence-corrected chi connectivity index (χ0v) is 17.2. The van der Waals surface area contributed by atoms with Gasteiger partial charge in [0.25, 0.3) is 0 Å². The Kier molecular flexibility index (Phi) is 10.8. The van der Waals surface area contributed by atoms with Gasteiger partial charge >= 0.3 is 0 Å². The van der Waals surface area contributed by atoms with Crippen LogP contribution in [0.1, 0.15) is 20.3 Å². The summed E-state index contributed by atoms with van der Waals surface area (Å²) >= 11 is 0. The van der Waals surface area contributed by atoms with Crippen LogP contribution in [0.2, 0.25) is 0 Å². The van der Waals surface area contributed by atoms with E-state index in [0.717, 1.165) is 45.3 Å². The number of nitrogens with zero attached hydrogens (tertiary/aromatic N) is 2. The van der Waals surface area contributed by atoms with Crippen molar-refractivity contribution in [2.45, 2.75) is 20.3 Å². The number of guanidine groups is 1. The standard InChI is InChI=1S/C18H30N4O.HI/c1-3-19-18(20-11-13-23-4-2)21-14-16-10-12-22(15-16)17-8-6-5-7-9-17;/h5-9,16H,3-4,10-15H2,1-2H3,(H2,19,20,21);1H. The summed E-state index contributed by atoms with van der Waals surface area (Å²) in [4.78, 5) is 7.19. The van der Waals surface area contributed by atoms with Crippen LogP contribution in [-0.4, -0.2) is 51.9 Å². The number of ether oxygens (including phenoxy) is 1. The average Bonchev–Trinajstić information content (AvgIpc) is 3.06. The molecule has 2 rings (SSSR count). The highest BCUT2D eigenvalue weighted by molar-refractivity contribution is 14.0. The Morgan fingerprint density at radius 1 is 1.25 bits per heavy atom. The van der Waals surface area contributed by atoms with Crippen molar-refractivity contribution in [2.75, 3.05) is 50.8 Å². The SMILES string of the molecule is CCNC(=NCC1CCN(c2ccccc2)C1)NCCOCC.I. The van der Waals surface area contributed by atoms with Gasteiger partial charge in [-0.05, 0) is 38.3 Å². The van der Waals surface area contributed by atoms with Gasteiger partial charge in [-0.2, -0.15) is 0 Å². The van der Waals surface area contributed by atoms with Crippen molar-refractivity contribution in [3.63, 3.8) is 0 Å². The molecule has 1 unspecified atom stereocenters. The van der Waals surface area contributed by atoms with Crippen molar-refractivity contribution in [3.05, 3.63) is 30.3 Å². The summed E-state index contributed by atoms with van der Waals surface area (Å²) in [5.74, 6) is 1.52. The molecule has 1 saturated heterocycles. The second-order valence-electron chi connectivity index (χ2n) is 5.78. The molecule has 0 bridgehead atoms. The molecule has 24 heavy (non-hydrogen) atoms. The van der Waals surface area contributed by atoms with E-state index in [4.69, 9.17) is 9.73 Å². The van der Waals surface area contributed by atoms with Crippen molar-refractivity contribution >= 4 is 35.6 Å². The average molecular weight is 446 g/mol. The number of hydrogen-bond donors (Lipinski definition) is 2. The molecule has 5 nitrogen and oxygen atoms in total. The van der Waals surface area contributed by atoms with Gasteiger partial charge in [0.1, 0.15) is 0 Å². The lowest BCUT2D eigenvalue weighted by molar-refractivity contribution is 0.152. The summed E-state index contributed by atoms with van der Waals surface area (Å²) in [6.45, 7) is 10.3. The molecule has 0 aromatic heterocycles. The molecule has 1 atom stereocenters. The maximum absolute atomic E-state index is 5.35. The second kappa shape index (κ2) is 12.4. The number of rotatable bonds is 8. The maximum atomic E-state index is 5.35. The largest absolute Gasteiger partial charge is 0.380 e. The second-order valence-corrected chi connectivity index (χ2v) is 5.78. The van der Waals surface area contributed by atoms with Gasteiger partial charge in [0.2, 0.25) is 0 Å². The highest BCUT2D eigenvalue weighted by atomic mass is 127. The summed E-state index contributed by atoms with van der Waals surface area (Å²) in [5, 5.41) is 6.62. The van der Waals surface area contributed by atoms with Crippen molar-refractivity contribution in [3.8, 4) is 0 Å². The quantitative estimate of drug-likeness (QED) is 0.279. The van der Waals surface area contributed by atoms with Crippen molar-refractivity contribution in [2.24, 2.45) is 10.9 Å². The highest BCUT2D eigenvalue weighted by Crippen LogP contribution is 2.23. The zero-order valence-electron chi connectivity index (χ0n) is 14.8. The number of benzene rings is 1. The number of nitrogens with one attached hydrogen (secondary N) is 2. The Balaban J connectivity index is 0.00000288. The fourth-order valence-corrected chi connectivity index (χ4v) is 2.80. The zero-order chi connectivity index (χ0) is 16.3. The van der Waals surface area contributed by atoms with Crippen molar-refractivity contribution in [1.82, 2.24) is 10.6 Å². The lowest BCUT2D eigenvalue weighted by atomic mass is 10.1. The Morgan fingerprint density at radius 3 is 2.75 bits per heavy atom. The summed E-state index contributed by atoms with van der Waals surface area (Å²) in [6, 6.07) is 10.6. The molecule has 1 aromatic carbocycles. The van der Waals surface area contributed by atoms with Crippen LogP contribution in [-0.2, 0) is 4.74 Å². The van der Waals surface area contributed by atoms with Gasteiger partial charge in [0.15, 0.2) is 5.96 Å². The molecule has 0 saturated carbocycles. The van der Waals surface area contributed by atoms with E-state index in [9.17, 15) is 0 Å². The molecule has 6 heteroatoms. The predicted octanol–water partition coefficient (Wildman–Crippen LogP) is 2.72. The van der Waals surface area contributed by atoms with Crippen LogP contribution in [0.15, 0.2) is 35.3 Å². The highest BCUT2D eigenvalue weighted by Gasteiger charge is 2.22. The van der Waals surface area contributed by atoms with Gasteiger partial charge in [0, 0.05) is 45.0 Å². The van der Waals surface area contributed by atoms with Gasteiger partial charge in [-0.15, -0.1) is 24.0 Å². The summed E-state index contributed by atoms with van der Waals surface area (Å²) < 4.78 is 5.35. The molecule has 1 aromatic rings. The molecule has 136 valence electrons. The van der Waals surface area contributed by atoms with Gasteiger partial charge < -0.3 is 20.3 Å². The van der Waals surface area contributed by atoms with E-state index in [1.807, 2.05) is 6.92 Å². The molecule has 1 heterocycles. The van der Waals surface area contributed by atoms with E-state index in [-0.39, 0.29) is 24.0 Å². The van der Waals surface area contributed by atoms with Gasteiger partial charge in [0.05, 0.1) is 6.61 Å². The van der Waals surface area contributed by atoms with E-state index >= 15 is 0 Å². The first-order valence-corrected chi connectivity index (χ1v) is 8.73. The number of anilines is 1. The van der Waals surface area contributed by atoms with Gasteiger partial charge in [-0.25, -0.2) is 0 Å². The number of aliphatic imine (C=N–C) groups is 1. The monoisotopic (exact) mass is 446 g/mol. The molecule has 1 aliphatic rings. The minimum atomic E-state index is 0. The Morgan fingerprint density at radius 2 is 2.04 bits per heavy atom. The Bertz CT molecular complexity index is 469. The molecule has 0 spiro atoms. The molecule has 2 N–H and O–H groups in total. The van der Waals surface area contributed by atoms with Crippen LogP contribution < -0.4 is 15.5 Å². The predicted molar refractivity (Wildman–Crippen MR) is 113 cm³/mol. The smallest absolute Gasteiger partial charge is 0.191 e. The third-order valence-corrected chi connectivity index (χ3v) is 4.00. The molecular formula is C18H31IN4O. The van der Waals surface area contributed by atoms with E-state index in [1.165, 1.54) is 12.1 Å². The minimum absolute atomic E-state index is 0. The minimum Gasteiger partial charge on any atom is -0.380 e. The first kappa shape index (κ1) is 21.0. The molecule has 1 fully saturated rings. The number of hydrogen-bond acceptors (Lipinski definition) is 3. The fourth-order valence-electron chi connectivity index (χ4n) is 2.80. The third-order valence-electron chi connectivity index (χ3n) is 4.00. The van der Waals surface area contributed by atoms with Crippen LogP contribution in [0, 0.1) is 5.92 Å². The first-order valence-electron chi connectivity index (χ1n) is 8.73. The van der Waals surface area contributed by atoms with E-state index in [2.05, 4.69) is 52.8 Å². The molecule has 0 radical (unpaired) electrons. The van der Waals surface area contributed by atoms with Crippen LogP contribution in [0.4, 0.5) is 5.69 Å².